The standard InChI is InChI=1S/C9H9BrO3.BrH/c1-13-7-2-3-8(10)6(4-7)5-9(11)12;/h2-4H,5H2,1H3,(H,11,12);1H. The van der Waals surface area contributed by atoms with Crippen molar-refractivity contribution in [2.75, 3.05) is 7.11 Å². The molecule has 0 aliphatic heterocycles. The van der Waals surface area contributed by atoms with Gasteiger partial charge in [-0.05, 0) is 23.8 Å². The van der Waals surface area contributed by atoms with E-state index in [-0.39, 0.29) is 23.4 Å². The maximum absolute atomic E-state index is 10.5. The monoisotopic (exact) mass is 324 g/mol. The van der Waals surface area contributed by atoms with Crippen molar-refractivity contribution in [3.05, 3.63) is 28.2 Å². The molecule has 0 bridgehead atoms. The van der Waals surface area contributed by atoms with Crippen molar-refractivity contribution in [1.29, 1.82) is 0 Å². The predicted octanol–water partition coefficient (Wildman–Crippen LogP) is 2.66. The van der Waals surface area contributed by atoms with Crippen LogP contribution >= 0.6 is 32.9 Å². The molecule has 0 spiro atoms. The number of hydrogen-bond donors (Lipinski definition) is 1. The van der Waals surface area contributed by atoms with E-state index < -0.39 is 5.97 Å². The van der Waals surface area contributed by atoms with E-state index in [9.17, 15) is 4.79 Å². The Labute approximate surface area is 101 Å². The third kappa shape index (κ3) is 3.67. The molecule has 0 amide bonds. The van der Waals surface area contributed by atoms with Gasteiger partial charge in [0, 0.05) is 4.47 Å². The molecule has 5 heteroatoms. The minimum absolute atomic E-state index is 0. The van der Waals surface area contributed by atoms with Crippen LogP contribution in [0.2, 0.25) is 0 Å². The number of ether oxygens (including phenoxy) is 1. The number of benzene rings is 1. The zero-order chi connectivity index (χ0) is 9.84. The van der Waals surface area contributed by atoms with Crippen molar-refractivity contribution in [3.63, 3.8) is 0 Å². The first-order valence-electron chi connectivity index (χ1n) is 3.67. The lowest BCUT2D eigenvalue weighted by atomic mass is 10.1. The summed E-state index contributed by atoms with van der Waals surface area (Å²) >= 11 is 3.27. The number of halogens is 2. The molecule has 1 aromatic rings. The van der Waals surface area contributed by atoms with Gasteiger partial charge in [-0.15, -0.1) is 17.0 Å². The molecule has 78 valence electrons. The molecule has 0 radical (unpaired) electrons. The van der Waals surface area contributed by atoms with Crippen molar-refractivity contribution in [2.24, 2.45) is 0 Å². The van der Waals surface area contributed by atoms with Gasteiger partial charge in [-0.1, -0.05) is 15.9 Å². The van der Waals surface area contributed by atoms with Gasteiger partial charge in [-0.25, -0.2) is 0 Å². The van der Waals surface area contributed by atoms with Gasteiger partial charge in [0.15, 0.2) is 0 Å². The first-order valence-corrected chi connectivity index (χ1v) is 4.47. The first-order chi connectivity index (χ1) is 6.13. The van der Waals surface area contributed by atoms with E-state index in [1.807, 2.05) is 0 Å². The molecule has 0 aliphatic carbocycles. The maximum atomic E-state index is 10.5. The number of methoxy groups -OCH3 is 1. The quantitative estimate of drug-likeness (QED) is 0.929. The summed E-state index contributed by atoms with van der Waals surface area (Å²) in [5.41, 5.74) is 0.715. The molecular weight excluding hydrogens is 316 g/mol. The van der Waals surface area contributed by atoms with Crippen LogP contribution in [0.4, 0.5) is 0 Å². The normalized spacial score (nSPS) is 9.00. The summed E-state index contributed by atoms with van der Waals surface area (Å²) in [7, 11) is 1.55. The Morgan fingerprint density at radius 3 is 2.71 bits per heavy atom. The molecule has 3 nitrogen and oxygen atoms in total. The highest BCUT2D eigenvalue weighted by Crippen LogP contribution is 2.22. The van der Waals surface area contributed by atoms with Gasteiger partial charge in [0.25, 0.3) is 0 Å². The molecule has 0 saturated carbocycles. The number of aliphatic carboxylic acids is 1. The van der Waals surface area contributed by atoms with E-state index >= 15 is 0 Å². The topological polar surface area (TPSA) is 46.5 Å². The van der Waals surface area contributed by atoms with Gasteiger partial charge in [-0.2, -0.15) is 0 Å². The van der Waals surface area contributed by atoms with Crippen LogP contribution in [0, 0.1) is 0 Å². The molecule has 1 N–H and O–H groups in total. The minimum Gasteiger partial charge on any atom is -0.497 e. The molecule has 0 aromatic heterocycles. The average molecular weight is 326 g/mol. The van der Waals surface area contributed by atoms with E-state index in [1.54, 1.807) is 25.3 Å². The predicted molar refractivity (Wildman–Crippen MR) is 62.4 cm³/mol. The second-order valence-electron chi connectivity index (χ2n) is 2.53. The zero-order valence-electron chi connectivity index (χ0n) is 7.49. The Balaban J connectivity index is 0.00000169. The smallest absolute Gasteiger partial charge is 0.307 e. The van der Waals surface area contributed by atoms with Crippen LogP contribution in [-0.2, 0) is 11.2 Å². The molecule has 0 aliphatic rings. The summed E-state index contributed by atoms with van der Waals surface area (Å²) in [6, 6.07) is 5.25. The second kappa shape index (κ2) is 6.03. The number of carboxylic acids is 1. The van der Waals surface area contributed by atoms with Crippen molar-refractivity contribution in [1.82, 2.24) is 0 Å². The molecule has 0 fully saturated rings. The SMILES string of the molecule is Br.COc1ccc(Br)c(CC(=O)O)c1. The van der Waals surface area contributed by atoms with Crippen molar-refractivity contribution < 1.29 is 14.6 Å². The average Bonchev–Trinajstić information content (AvgIpc) is 2.08. The number of carbonyl (C=O) groups is 1. The highest BCUT2D eigenvalue weighted by Gasteiger charge is 2.05. The Kier molecular flexibility index (Phi) is 5.79. The van der Waals surface area contributed by atoms with Crippen molar-refractivity contribution >= 4 is 38.9 Å². The number of carboxylic acid groups (broad SMARTS) is 1. The van der Waals surface area contributed by atoms with Crippen LogP contribution in [0.5, 0.6) is 5.75 Å². The van der Waals surface area contributed by atoms with Crippen LogP contribution in [0.3, 0.4) is 0 Å². The van der Waals surface area contributed by atoms with Gasteiger partial charge in [0.1, 0.15) is 5.75 Å². The highest BCUT2D eigenvalue weighted by molar-refractivity contribution is 9.10. The minimum atomic E-state index is -0.853. The molecule has 0 saturated heterocycles. The van der Waals surface area contributed by atoms with Crippen LogP contribution in [0.1, 0.15) is 5.56 Å². The maximum Gasteiger partial charge on any atom is 0.307 e. The molecule has 1 aromatic carbocycles. The summed E-state index contributed by atoms with van der Waals surface area (Å²) in [6.07, 6.45) is -0.00220. The molecule has 14 heavy (non-hydrogen) atoms. The largest absolute Gasteiger partial charge is 0.497 e. The Morgan fingerprint density at radius 2 is 2.21 bits per heavy atom. The number of rotatable bonds is 3. The van der Waals surface area contributed by atoms with Crippen molar-refractivity contribution in [2.45, 2.75) is 6.42 Å². The molecular formula is C9H10Br2O3. The van der Waals surface area contributed by atoms with Crippen LogP contribution in [0.15, 0.2) is 22.7 Å². The van der Waals surface area contributed by atoms with Crippen LogP contribution in [0.25, 0.3) is 0 Å². The molecule has 0 unspecified atom stereocenters. The number of hydrogen-bond acceptors (Lipinski definition) is 2. The lowest BCUT2D eigenvalue weighted by Gasteiger charge is -2.04. The Bertz CT molecular complexity index is 326. The Hall–Kier alpha value is -0.550. The summed E-state index contributed by atoms with van der Waals surface area (Å²) < 4.78 is 5.77. The van der Waals surface area contributed by atoms with Crippen LogP contribution in [-0.4, -0.2) is 18.2 Å². The summed E-state index contributed by atoms with van der Waals surface area (Å²) in [5, 5.41) is 8.59. The Morgan fingerprint density at radius 1 is 1.57 bits per heavy atom. The first kappa shape index (κ1) is 13.4. The zero-order valence-corrected chi connectivity index (χ0v) is 10.8. The van der Waals surface area contributed by atoms with E-state index in [4.69, 9.17) is 9.84 Å². The summed E-state index contributed by atoms with van der Waals surface area (Å²) in [6.45, 7) is 0. The summed E-state index contributed by atoms with van der Waals surface area (Å²) in [4.78, 5) is 10.5. The van der Waals surface area contributed by atoms with E-state index in [0.717, 1.165) is 4.47 Å². The lowest BCUT2D eigenvalue weighted by molar-refractivity contribution is -0.136. The molecule has 0 heterocycles. The third-order valence-corrected chi connectivity index (χ3v) is 2.37. The van der Waals surface area contributed by atoms with Gasteiger partial charge in [-0.3, -0.25) is 4.79 Å². The fourth-order valence-electron chi connectivity index (χ4n) is 0.976. The highest BCUT2D eigenvalue weighted by atomic mass is 79.9. The van der Waals surface area contributed by atoms with Crippen molar-refractivity contribution in [3.8, 4) is 5.75 Å². The fourth-order valence-corrected chi connectivity index (χ4v) is 1.36. The van der Waals surface area contributed by atoms with Gasteiger partial charge >= 0.3 is 5.97 Å². The van der Waals surface area contributed by atoms with E-state index in [1.165, 1.54) is 0 Å². The fraction of sp³-hybridized carbons (Fsp3) is 0.222. The van der Waals surface area contributed by atoms with Gasteiger partial charge in [0.2, 0.25) is 0 Å². The summed E-state index contributed by atoms with van der Waals surface area (Å²) in [5.74, 6) is -0.187. The van der Waals surface area contributed by atoms with Crippen LogP contribution < -0.4 is 4.74 Å². The third-order valence-electron chi connectivity index (χ3n) is 1.59. The molecule has 1 rings (SSSR count). The van der Waals surface area contributed by atoms with E-state index in [2.05, 4.69) is 15.9 Å². The molecule has 0 atom stereocenters. The second-order valence-corrected chi connectivity index (χ2v) is 3.38. The van der Waals surface area contributed by atoms with E-state index in [0.29, 0.717) is 11.3 Å². The van der Waals surface area contributed by atoms with Gasteiger partial charge in [0.05, 0.1) is 13.5 Å². The van der Waals surface area contributed by atoms with Gasteiger partial charge < -0.3 is 9.84 Å². The lowest BCUT2D eigenvalue weighted by Crippen LogP contribution is -2.01.